The van der Waals surface area contributed by atoms with Crippen molar-refractivity contribution in [3.05, 3.63) is 76.8 Å². The van der Waals surface area contributed by atoms with Crippen molar-refractivity contribution in [2.24, 2.45) is 0 Å². The van der Waals surface area contributed by atoms with Gasteiger partial charge in [0.05, 0.1) is 0 Å². The molecule has 4 aromatic rings. The van der Waals surface area contributed by atoms with Gasteiger partial charge in [-0.05, 0) is 36.2 Å². The number of rotatable bonds is 6. The van der Waals surface area contributed by atoms with E-state index in [0.717, 1.165) is 16.4 Å². The summed E-state index contributed by atoms with van der Waals surface area (Å²) in [6.45, 7) is 2.37. The van der Waals surface area contributed by atoms with E-state index in [4.69, 9.17) is 9.84 Å². The number of halogens is 1. The maximum atomic E-state index is 13.0. The minimum atomic E-state index is -0.294. The van der Waals surface area contributed by atoms with Crippen molar-refractivity contribution in [2.45, 2.75) is 25.9 Å². The minimum absolute atomic E-state index is 0.220. The molecule has 4 rings (SSSR count). The largest absolute Gasteiger partial charge is 0.486 e. The molecular formula is C19H17FN4OS. The molecule has 1 atom stereocenters. The van der Waals surface area contributed by atoms with Gasteiger partial charge in [-0.15, -0.1) is 10.2 Å². The van der Waals surface area contributed by atoms with Crippen LogP contribution in [0.2, 0.25) is 0 Å². The van der Waals surface area contributed by atoms with Gasteiger partial charge in [0.15, 0.2) is 5.82 Å². The second-order valence-electron chi connectivity index (χ2n) is 5.87. The van der Waals surface area contributed by atoms with Crippen LogP contribution in [0.15, 0.2) is 54.6 Å². The van der Waals surface area contributed by atoms with Crippen LogP contribution in [0.5, 0.6) is 5.75 Å². The first-order valence-corrected chi connectivity index (χ1v) is 9.20. The van der Waals surface area contributed by atoms with Crippen LogP contribution in [-0.2, 0) is 6.61 Å². The predicted molar refractivity (Wildman–Crippen MR) is 98.0 cm³/mol. The van der Waals surface area contributed by atoms with E-state index < -0.39 is 0 Å². The Bertz CT molecular complexity index is 997. The van der Waals surface area contributed by atoms with Crippen molar-refractivity contribution in [3.63, 3.8) is 0 Å². The van der Waals surface area contributed by atoms with Gasteiger partial charge in [0.25, 0.3) is 0 Å². The lowest BCUT2D eigenvalue weighted by molar-refractivity contribution is 0.292. The third-order valence-electron chi connectivity index (χ3n) is 4.16. The quantitative estimate of drug-likeness (QED) is 0.505. The van der Waals surface area contributed by atoms with E-state index in [9.17, 15) is 4.39 Å². The van der Waals surface area contributed by atoms with Crippen LogP contribution >= 0.6 is 11.3 Å². The zero-order chi connectivity index (χ0) is 17.9. The lowest BCUT2D eigenvalue weighted by atomic mass is 9.97. The van der Waals surface area contributed by atoms with Crippen molar-refractivity contribution in [1.29, 1.82) is 0 Å². The fourth-order valence-corrected chi connectivity index (χ4v) is 3.89. The van der Waals surface area contributed by atoms with Crippen molar-refractivity contribution in [1.82, 2.24) is 19.8 Å². The number of nitrogens with zero attached hydrogens (tertiary/aromatic N) is 4. The first kappa shape index (κ1) is 16.7. The molecule has 0 bridgehead atoms. The molecule has 2 aromatic heterocycles. The standard InChI is InChI=1S/C19H17FN4OS/c1-2-16(13-6-4-3-5-7-13)18-23-24-17(21-22-19(24)26-18)12-25-15-10-8-14(20)9-11-15/h3-11,16H,2,12H2,1H3/t16-/m0/s1. The summed E-state index contributed by atoms with van der Waals surface area (Å²) in [7, 11) is 0. The van der Waals surface area contributed by atoms with Crippen LogP contribution in [0, 0.1) is 5.82 Å². The Labute approximate surface area is 154 Å². The molecule has 0 fully saturated rings. The van der Waals surface area contributed by atoms with Gasteiger partial charge < -0.3 is 4.74 Å². The molecule has 0 saturated heterocycles. The zero-order valence-electron chi connectivity index (χ0n) is 14.2. The molecule has 0 radical (unpaired) electrons. The summed E-state index contributed by atoms with van der Waals surface area (Å²) in [6, 6.07) is 16.2. The molecule has 7 heteroatoms. The molecule has 0 N–H and O–H groups in total. The number of hydrogen-bond acceptors (Lipinski definition) is 5. The normalized spacial score (nSPS) is 12.4. The third kappa shape index (κ3) is 3.30. The average Bonchev–Trinajstić information content (AvgIpc) is 3.24. The van der Waals surface area contributed by atoms with Crippen LogP contribution in [0.1, 0.15) is 35.7 Å². The first-order valence-electron chi connectivity index (χ1n) is 8.39. The van der Waals surface area contributed by atoms with Crippen molar-refractivity contribution in [2.75, 3.05) is 0 Å². The van der Waals surface area contributed by atoms with E-state index >= 15 is 0 Å². The first-order chi connectivity index (χ1) is 12.7. The van der Waals surface area contributed by atoms with Gasteiger partial charge in [-0.25, -0.2) is 4.39 Å². The van der Waals surface area contributed by atoms with Crippen molar-refractivity contribution >= 4 is 16.3 Å². The second-order valence-corrected chi connectivity index (χ2v) is 6.85. The van der Waals surface area contributed by atoms with E-state index in [0.29, 0.717) is 11.6 Å². The van der Waals surface area contributed by atoms with E-state index in [1.54, 1.807) is 28.0 Å². The molecule has 0 saturated carbocycles. The van der Waals surface area contributed by atoms with Crippen molar-refractivity contribution < 1.29 is 9.13 Å². The number of aromatic nitrogens is 4. The zero-order valence-corrected chi connectivity index (χ0v) is 15.0. The number of fused-ring (bicyclic) bond motifs is 1. The highest BCUT2D eigenvalue weighted by Crippen LogP contribution is 2.31. The Hall–Kier alpha value is -2.80. The molecule has 0 aliphatic heterocycles. The van der Waals surface area contributed by atoms with Gasteiger partial charge in [-0.2, -0.15) is 9.61 Å². The Balaban J connectivity index is 1.57. The Morgan fingerprint density at radius 1 is 1.08 bits per heavy atom. The number of ether oxygens (including phenoxy) is 1. The molecule has 2 aromatic carbocycles. The van der Waals surface area contributed by atoms with E-state index in [2.05, 4.69) is 29.3 Å². The van der Waals surface area contributed by atoms with Gasteiger partial charge in [0.2, 0.25) is 4.96 Å². The highest BCUT2D eigenvalue weighted by Gasteiger charge is 2.19. The topological polar surface area (TPSA) is 52.3 Å². The van der Waals surface area contributed by atoms with Crippen LogP contribution in [-0.4, -0.2) is 19.8 Å². The summed E-state index contributed by atoms with van der Waals surface area (Å²) in [6.07, 6.45) is 0.954. The van der Waals surface area contributed by atoms with Crippen LogP contribution in [0.3, 0.4) is 0 Å². The lowest BCUT2D eigenvalue weighted by Gasteiger charge is -2.11. The summed E-state index contributed by atoms with van der Waals surface area (Å²) in [5, 5.41) is 14.1. The molecule has 5 nitrogen and oxygen atoms in total. The lowest BCUT2D eigenvalue weighted by Crippen LogP contribution is -2.04. The molecule has 0 aliphatic carbocycles. The molecule has 0 spiro atoms. The predicted octanol–water partition coefficient (Wildman–Crippen LogP) is 4.45. The van der Waals surface area contributed by atoms with Gasteiger partial charge in [-0.1, -0.05) is 48.6 Å². The minimum Gasteiger partial charge on any atom is -0.486 e. The molecule has 132 valence electrons. The Morgan fingerprint density at radius 2 is 1.85 bits per heavy atom. The molecule has 2 heterocycles. The summed E-state index contributed by atoms with van der Waals surface area (Å²) < 4.78 is 20.4. The molecule has 26 heavy (non-hydrogen) atoms. The summed E-state index contributed by atoms with van der Waals surface area (Å²) >= 11 is 1.54. The van der Waals surface area contributed by atoms with E-state index in [1.165, 1.54) is 17.7 Å². The maximum absolute atomic E-state index is 13.0. The van der Waals surface area contributed by atoms with E-state index in [1.807, 2.05) is 18.2 Å². The Kier molecular flexibility index (Phi) is 4.62. The number of hydrogen-bond donors (Lipinski definition) is 0. The number of benzene rings is 2. The second kappa shape index (κ2) is 7.21. The highest BCUT2D eigenvalue weighted by molar-refractivity contribution is 7.16. The molecular weight excluding hydrogens is 351 g/mol. The van der Waals surface area contributed by atoms with Gasteiger partial charge >= 0.3 is 0 Å². The SMILES string of the molecule is CC[C@@H](c1ccccc1)c1nn2c(COc3ccc(F)cc3)nnc2s1. The molecule has 0 unspecified atom stereocenters. The van der Waals surface area contributed by atoms with Gasteiger partial charge in [0.1, 0.15) is 23.2 Å². The fourth-order valence-electron chi connectivity index (χ4n) is 2.82. The van der Waals surface area contributed by atoms with Crippen LogP contribution in [0.4, 0.5) is 4.39 Å². The van der Waals surface area contributed by atoms with Gasteiger partial charge in [-0.3, -0.25) is 0 Å². The molecule has 0 amide bonds. The maximum Gasteiger partial charge on any atom is 0.234 e. The van der Waals surface area contributed by atoms with Crippen LogP contribution in [0.25, 0.3) is 4.96 Å². The van der Waals surface area contributed by atoms with E-state index in [-0.39, 0.29) is 18.3 Å². The smallest absolute Gasteiger partial charge is 0.234 e. The highest BCUT2D eigenvalue weighted by atomic mass is 32.1. The van der Waals surface area contributed by atoms with Crippen LogP contribution < -0.4 is 4.74 Å². The van der Waals surface area contributed by atoms with Crippen molar-refractivity contribution in [3.8, 4) is 5.75 Å². The monoisotopic (exact) mass is 368 g/mol. The average molecular weight is 368 g/mol. The summed E-state index contributed by atoms with van der Waals surface area (Å²) in [4.78, 5) is 0.743. The summed E-state index contributed by atoms with van der Waals surface area (Å²) in [5.41, 5.74) is 1.24. The van der Waals surface area contributed by atoms with Gasteiger partial charge in [0, 0.05) is 5.92 Å². The third-order valence-corrected chi connectivity index (χ3v) is 5.17. The summed E-state index contributed by atoms with van der Waals surface area (Å²) in [5.74, 6) is 1.13. The molecule has 0 aliphatic rings. The fraction of sp³-hybridized carbons (Fsp3) is 0.211. The Morgan fingerprint density at radius 3 is 2.58 bits per heavy atom.